The van der Waals surface area contributed by atoms with Gasteiger partial charge in [0.2, 0.25) is 0 Å². The highest BCUT2D eigenvalue weighted by Gasteiger charge is 2.13. The lowest BCUT2D eigenvalue weighted by molar-refractivity contribution is -0.147. The van der Waals surface area contributed by atoms with Crippen LogP contribution in [0.4, 0.5) is 14.5 Å². The van der Waals surface area contributed by atoms with Crippen molar-refractivity contribution >= 4 is 28.7 Å². The number of fused-ring (bicyclic) bond motifs is 1. The van der Waals surface area contributed by atoms with Gasteiger partial charge in [0, 0.05) is 12.6 Å². The molecule has 7 nitrogen and oxygen atoms in total. The van der Waals surface area contributed by atoms with Crippen LogP contribution in [0, 0.1) is 11.6 Å². The molecule has 1 aromatic heterocycles. The molecule has 0 saturated carbocycles. The minimum Gasteiger partial charge on any atom is -0.456 e. The minimum atomic E-state index is -0.821. The Morgan fingerprint density at radius 3 is 2.74 bits per heavy atom. The van der Waals surface area contributed by atoms with E-state index < -0.39 is 35.9 Å². The van der Waals surface area contributed by atoms with Crippen molar-refractivity contribution in [2.45, 2.75) is 13.0 Å². The highest BCUT2D eigenvalue weighted by atomic mass is 19.1. The van der Waals surface area contributed by atoms with Gasteiger partial charge in [0.1, 0.15) is 11.6 Å². The van der Waals surface area contributed by atoms with Crippen molar-refractivity contribution in [3.05, 3.63) is 64.6 Å². The van der Waals surface area contributed by atoms with E-state index in [0.717, 1.165) is 18.2 Å². The van der Waals surface area contributed by atoms with E-state index in [1.54, 1.807) is 24.3 Å². The molecular weight excluding hydrogens is 362 g/mol. The number of carbonyl (C=O) groups is 2. The summed E-state index contributed by atoms with van der Waals surface area (Å²) in [7, 11) is 0. The van der Waals surface area contributed by atoms with Crippen molar-refractivity contribution in [2.24, 2.45) is 0 Å². The number of halogens is 2. The molecule has 9 heteroatoms. The third-order valence-electron chi connectivity index (χ3n) is 3.68. The quantitative estimate of drug-likeness (QED) is 0.668. The predicted molar refractivity (Wildman–Crippen MR) is 91.0 cm³/mol. The first-order valence-corrected chi connectivity index (χ1v) is 7.93. The van der Waals surface area contributed by atoms with E-state index in [2.05, 4.69) is 5.32 Å². The summed E-state index contributed by atoms with van der Waals surface area (Å²) in [6, 6.07) is 9.32. The number of oxazole rings is 1. The largest absolute Gasteiger partial charge is 0.456 e. The minimum absolute atomic E-state index is 0.00875. The Morgan fingerprint density at radius 2 is 1.93 bits per heavy atom. The van der Waals surface area contributed by atoms with Crippen LogP contribution in [0.5, 0.6) is 0 Å². The summed E-state index contributed by atoms with van der Waals surface area (Å²) in [4.78, 5) is 35.3. The Bertz CT molecular complexity index is 1060. The first-order valence-electron chi connectivity index (χ1n) is 7.93. The number of esters is 1. The van der Waals surface area contributed by atoms with E-state index in [0.29, 0.717) is 11.1 Å². The molecule has 1 N–H and O–H groups in total. The Morgan fingerprint density at radius 1 is 1.15 bits per heavy atom. The average molecular weight is 376 g/mol. The number of benzene rings is 2. The molecule has 2 aromatic carbocycles. The Hall–Kier alpha value is -3.49. The zero-order valence-electron chi connectivity index (χ0n) is 13.9. The van der Waals surface area contributed by atoms with E-state index in [4.69, 9.17) is 9.15 Å². The molecule has 0 aliphatic rings. The Labute approximate surface area is 151 Å². The highest BCUT2D eigenvalue weighted by molar-refractivity contribution is 5.92. The molecule has 27 heavy (non-hydrogen) atoms. The van der Waals surface area contributed by atoms with Gasteiger partial charge in [-0.25, -0.2) is 13.6 Å². The fraction of sp³-hybridized carbons (Fsp3) is 0.167. The van der Waals surface area contributed by atoms with Crippen LogP contribution in [-0.2, 0) is 20.9 Å². The number of hydrogen-bond acceptors (Lipinski definition) is 5. The number of nitrogens with zero attached hydrogens (tertiary/aromatic N) is 1. The molecule has 0 radical (unpaired) electrons. The Kier molecular flexibility index (Phi) is 5.30. The van der Waals surface area contributed by atoms with Crippen LogP contribution in [0.25, 0.3) is 11.1 Å². The van der Waals surface area contributed by atoms with E-state index in [-0.39, 0.29) is 18.7 Å². The van der Waals surface area contributed by atoms with Gasteiger partial charge in [-0.15, -0.1) is 0 Å². The molecular formula is C18H14F2N2O5. The molecule has 0 unspecified atom stereocenters. The molecule has 0 atom stereocenters. The van der Waals surface area contributed by atoms with Crippen LogP contribution in [0.15, 0.2) is 51.7 Å². The molecule has 0 saturated heterocycles. The van der Waals surface area contributed by atoms with Crippen molar-refractivity contribution < 1.29 is 27.5 Å². The van der Waals surface area contributed by atoms with Gasteiger partial charge in [-0.3, -0.25) is 14.2 Å². The van der Waals surface area contributed by atoms with E-state index in [9.17, 15) is 23.2 Å². The third kappa shape index (κ3) is 4.38. The van der Waals surface area contributed by atoms with Gasteiger partial charge in [0.05, 0.1) is 17.6 Å². The number of para-hydroxylation sites is 2. The maximum Gasteiger partial charge on any atom is 0.419 e. The number of hydrogen-bond donors (Lipinski definition) is 1. The number of rotatable bonds is 6. The topological polar surface area (TPSA) is 90.5 Å². The fourth-order valence-electron chi connectivity index (χ4n) is 2.43. The number of amides is 1. The average Bonchev–Trinajstić information content (AvgIpc) is 2.96. The monoisotopic (exact) mass is 376 g/mol. The van der Waals surface area contributed by atoms with E-state index in [1.165, 1.54) is 4.57 Å². The molecule has 0 bridgehead atoms. The van der Waals surface area contributed by atoms with Crippen molar-refractivity contribution in [3.8, 4) is 0 Å². The number of aryl methyl sites for hydroxylation is 1. The SMILES string of the molecule is O=C(COC(=O)CCn1c(=O)oc2ccccc21)Nc1cc(F)ccc1F. The van der Waals surface area contributed by atoms with Crippen LogP contribution in [0.3, 0.4) is 0 Å². The molecule has 0 aliphatic carbocycles. The van der Waals surface area contributed by atoms with Gasteiger partial charge in [-0.2, -0.15) is 0 Å². The zero-order chi connectivity index (χ0) is 19.4. The van der Waals surface area contributed by atoms with Gasteiger partial charge in [0.15, 0.2) is 12.2 Å². The normalized spacial score (nSPS) is 10.7. The number of carbonyl (C=O) groups excluding carboxylic acids is 2. The van der Waals surface area contributed by atoms with Crippen LogP contribution in [-0.4, -0.2) is 23.1 Å². The van der Waals surface area contributed by atoms with Gasteiger partial charge >= 0.3 is 11.7 Å². The summed E-state index contributed by atoms with van der Waals surface area (Å²) in [5, 5.41) is 2.11. The molecule has 0 spiro atoms. The summed E-state index contributed by atoms with van der Waals surface area (Å²) in [5.41, 5.74) is 0.578. The molecule has 1 heterocycles. The summed E-state index contributed by atoms with van der Waals surface area (Å²) >= 11 is 0. The second-order valence-corrected chi connectivity index (χ2v) is 5.57. The van der Waals surface area contributed by atoms with Gasteiger partial charge in [0.25, 0.3) is 5.91 Å². The smallest absolute Gasteiger partial charge is 0.419 e. The van der Waals surface area contributed by atoms with Crippen molar-refractivity contribution in [2.75, 3.05) is 11.9 Å². The number of ether oxygens (including phenoxy) is 1. The summed E-state index contributed by atoms with van der Waals surface area (Å²) < 4.78 is 37.6. The first-order chi connectivity index (χ1) is 12.9. The second-order valence-electron chi connectivity index (χ2n) is 5.57. The fourth-order valence-corrected chi connectivity index (χ4v) is 2.43. The van der Waals surface area contributed by atoms with Crippen LogP contribution in [0.2, 0.25) is 0 Å². The van der Waals surface area contributed by atoms with Crippen molar-refractivity contribution in [1.82, 2.24) is 4.57 Å². The summed E-state index contributed by atoms with van der Waals surface area (Å²) in [5.74, 6) is -3.70. The van der Waals surface area contributed by atoms with Gasteiger partial charge in [-0.05, 0) is 24.3 Å². The highest BCUT2D eigenvalue weighted by Crippen LogP contribution is 2.15. The summed E-state index contributed by atoms with van der Waals surface area (Å²) in [6.07, 6.45) is -0.176. The third-order valence-corrected chi connectivity index (χ3v) is 3.68. The van der Waals surface area contributed by atoms with Crippen LogP contribution in [0.1, 0.15) is 6.42 Å². The lowest BCUT2D eigenvalue weighted by atomic mass is 10.3. The van der Waals surface area contributed by atoms with Crippen LogP contribution >= 0.6 is 0 Å². The second kappa shape index (κ2) is 7.81. The molecule has 3 rings (SSSR count). The lowest BCUT2D eigenvalue weighted by Crippen LogP contribution is -2.23. The maximum absolute atomic E-state index is 13.4. The van der Waals surface area contributed by atoms with Crippen LogP contribution < -0.4 is 11.1 Å². The standard InChI is InChI=1S/C18H14F2N2O5/c19-11-5-6-12(20)13(9-11)21-16(23)10-26-17(24)7-8-22-14-3-1-2-4-15(14)27-18(22)25/h1-6,9H,7-8,10H2,(H,21,23). The molecule has 1 amide bonds. The zero-order valence-corrected chi connectivity index (χ0v) is 13.9. The number of anilines is 1. The van der Waals surface area contributed by atoms with Crippen molar-refractivity contribution in [3.63, 3.8) is 0 Å². The molecule has 3 aromatic rings. The first kappa shape index (κ1) is 18.3. The predicted octanol–water partition coefficient (Wildman–Crippen LogP) is 2.44. The van der Waals surface area contributed by atoms with Gasteiger partial charge < -0.3 is 14.5 Å². The lowest BCUT2D eigenvalue weighted by Gasteiger charge is -2.08. The number of nitrogens with one attached hydrogen (secondary N) is 1. The van der Waals surface area contributed by atoms with E-state index >= 15 is 0 Å². The number of aromatic nitrogens is 1. The maximum atomic E-state index is 13.4. The Balaban J connectivity index is 1.52. The van der Waals surface area contributed by atoms with Crippen molar-refractivity contribution in [1.29, 1.82) is 0 Å². The molecule has 140 valence electrons. The molecule has 0 fully saturated rings. The molecule has 0 aliphatic heterocycles. The van der Waals surface area contributed by atoms with E-state index in [1.807, 2.05) is 0 Å². The summed E-state index contributed by atoms with van der Waals surface area (Å²) in [6.45, 7) is -0.662. The van der Waals surface area contributed by atoms with Gasteiger partial charge in [-0.1, -0.05) is 12.1 Å².